The second-order valence-corrected chi connectivity index (χ2v) is 6.82. The van der Waals surface area contributed by atoms with E-state index in [0.717, 1.165) is 21.3 Å². The van der Waals surface area contributed by atoms with E-state index in [1.807, 2.05) is 60.9 Å². The first kappa shape index (κ1) is 17.5. The predicted molar refractivity (Wildman–Crippen MR) is 108 cm³/mol. The molecule has 0 fully saturated rings. The molecule has 0 aliphatic rings. The van der Waals surface area contributed by atoms with Crippen LogP contribution in [0.4, 0.5) is 5.69 Å². The van der Waals surface area contributed by atoms with Crippen LogP contribution in [0.1, 0.15) is 11.1 Å². The van der Waals surface area contributed by atoms with Crippen LogP contribution in [0, 0.1) is 0 Å². The zero-order valence-corrected chi connectivity index (χ0v) is 15.9. The average molecular weight is 413 g/mol. The second-order valence-electron chi connectivity index (χ2n) is 5.52. The number of nitrogens with one attached hydrogen (secondary N) is 1. The number of hydrogen-bond donors (Lipinski definition) is 1. The minimum Gasteiger partial charge on any atom is -0.340 e. The molecule has 25 heavy (non-hydrogen) atoms. The Morgan fingerprint density at radius 2 is 1.48 bits per heavy atom. The topological polar surface area (TPSA) is 41.0 Å². The summed E-state index contributed by atoms with van der Waals surface area (Å²) in [5.74, 6) is 0. The van der Waals surface area contributed by atoms with Crippen LogP contribution in [-0.2, 0) is 13.1 Å². The van der Waals surface area contributed by atoms with Crippen molar-refractivity contribution >= 4 is 38.9 Å². The van der Waals surface area contributed by atoms with Crippen LogP contribution < -0.4 is 5.32 Å². The maximum atomic E-state index is 5.65. The number of aromatic nitrogens is 2. The van der Waals surface area contributed by atoms with Crippen LogP contribution in [0.2, 0.25) is 0 Å². The Kier molecular flexibility index (Phi) is 6.09. The maximum Gasteiger partial charge on any atom is 0.174 e. The van der Waals surface area contributed by atoms with Gasteiger partial charge in [-0.25, -0.2) is 0 Å². The van der Waals surface area contributed by atoms with Crippen molar-refractivity contribution in [1.82, 2.24) is 14.9 Å². The molecule has 0 aliphatic carbocycles. The third-order valence-electron chi connectivity index (χ3n) is 3.58. The highest BCUT2D eigenvalue weighted by Gasteiger charge is 2.12. The van der Waals surface area contributed by atoms with Crippen molar-refractivity contribution in [1.29, 1.82) is 0 Å². The van der Waals surface area contributed by atoms with Gasteiger partial charge in [-0.05, 0) is 59.7 Å². The van der Waals surface area contributed by atoms with Crippen LogP contribution in [0.5, 0.6) is 0 Å². The van der Waals surface area contributed by atoms with Crippen molar-refractivity contribution in [3.63, 3.8) is 0 Å². The molecule has 6 heteroatoms. The highest BCUT2D eigenvalue weighted by molar-refractivity contribution is 9.10. The Balaban J connectivity index is 1.76. The molecule has 2 heterocycles. The number of halogens is 1. The van der Waals surface area contributed by atoms with Gasteiger partial charge in [-0.2, -0.15) is 0 Å². The maximum absolute atomic E-state index is 5.65. The molecular weight excluding hydrogens is 396 g/mol. The molecule has 0 saturated carbocycles. The van der Waals surface area contributed by atoms with Crippen LogP contribution >= 0.6 is 28.1 Å². The molecule has 0 atom stereocenters. The molecule has 0 aliphatic heterocycles. The molecule has 4 nitrogen and oxygen atoms in total. The lowest BCUT2D eigenvalue weighted by Crippen LogP contribution is -2.33. The van der Waals surface area contributed by atoms with Gasteiger partial charge in [-0.1, -0.05) is 28.1 Å². The molecule has 0 radical (unpaired) electrons. The van der Waals surface area contributed by atoms with Gasteiger partial charge in [0.25, 0.3) is 0 Å². The van der Waals surface area contributed by atoms with E-state index in [9.17, 15) is 0 Å². The van der Waals surface area contributed by atoms with E-state index in [-0.39, 0.29) is 0 Å². The molecule has 0 saturated heterocycles. The molecule has 2 aromatic heterocycles. The summed E-state index contributed by atoms with van der Waals surface area (Å²) in [6.07, 6.45) is 7.26. The van der Waals surface area contributed by atoms with Gasteiger partial charge in [0.2, 0.25) is 0 Å². The quantitative estimate of drug-likeness (QED) is 0.618. The summed E-state index contributed by atoms with van der Waals surface area (Å²) in [5, 5.41) is 3.97. The lowest BCUT2D eigenvalue weighted by molar-refractivity contribution is 0.411. The number of anilines is 1. The minimum absolute atomic E-state index is 0.662. The lowest BCUT2D eigenvalue weighted by atomic mass is 10.2. The van der Waals surface area contributed by atoms with Gasteiger partial charge in [0.05, 0.1) is 0 Å². The van der Waals surface area contributed by atoms with Crippen LogP contribution in [-0.4, -0.2) is 20.0 Å². The number of thiocarbonyl (C=S) groups is 1. The molecule has 1 N–H and O–H groups in total. The van der Waals surface area contributed by atoms with E-state index in [1.165, 1.54) is 0 Å². The Morgan fingerprint density at radius 3 is 1.96 bits per heavy atom. The van der Waals surface area contributed by atoms with E-state index in [2.05, 4.69) is 36.1 Å². The van der Waals surface area contributed by atoms with Gasteiger partial charge in [-0.15, -0.1) is 0 Å². The first-order valence-electron chi connectivity index (χ1n) is 7.80. The fourth-order valence-corrected chi connectivity index (χ4v) is 2.87. The highest BCUT2D eigenvalue weighted by Crippen LogP contribution is 2.16. The Bertz CT molecular complexity index is 768. The smallest absolute Gasteiger partial charge is 0.174 e. The fraction of sp³-hybridized carbons (Fsp3) is 0.105. The minimum atomic E-state index is 0.662. The third kappa shape index (κ3) is 5.34. The van der Waals surface area contributed by atoms with Gasteiger partial charge in [0.15, 0.2) is 5.11 Å². The molecule has 3 aromatic rings. The monoisotopic (exact) mass is 412 g/mol. The third-order valence-corrected chi connectivity index (χ3v) is 4.46. The molecule has 0 spiro atoms. The van der Waals surface area contributed by atoms with Crippen molar-refractivity contribution in [3.05, 3.63) is 88.9 Å². The average Bonchev–Trinajstić information content (AvgIpc) is 2.65. The highest BCUT2D eigenvalue weighted by atomic mass is 79.9. The van der Waals surface area contributed by atoms with E-state index in [4.69, 9.17) is 12.2 Å². The summed E-state index contributed by atoms with van der Waals surface area (Å²) < 4.78 is 1.03. The first-order valence-corrected chi connectivity index (χ1v) is 9.00. The van der Waals surface area contributed by atoms with E-state index >= 15 is 0 Å². The lowest BCUT2D eigenvalue weighted by Gasteiger charge is -2.26. The molecule has 1 aromatic carbocycles. The summed E-state index contributed by atoms with van der Waals surface area (Å²) >= 11 is 9.10. The SMILES string of the molecule is S=C(Nc1ccc(Br)cc1)N(Cc1cccnc1)Cc1cccnc1. The summed E-state index contributed by atoms with van der Waals surface area (Å²) in [4.78, 5) is 10.5. The van der Waals surface area contributed by atoms with Crippen molar-refractivity contribution in [2.45, 2.75) is 13.1 Å². The molecule has 0 unspecified atom stereocenters. The fourth-order valence-electron chi connectivity index (χ4n) is 2.36. The summed E-state index contributed by atoms with van der Waals surface area (Å²) in [7, 11) is 0. The largest absolute Gasteiger partial charge is 0.340 e. The zero-order valence-electron chi connectivity index (χ0n) is 13.5. The van der Waals surface area contributed by atoms with Gasteiger partial charge in [0, 0.05) is 48.0 Å². The molecule has 0 amide bonds. The van der Waals surface area contributed by atoms with Gasteiger partial charge in [0.1, 0.15) is 0 Å². The van der Waals surface area contributed by atoms with Gasteiger partial charge < -0.3 is 10.2 Å². The standard InChI is InChI=1S/C19H17BrN4S/c20-17-5-7-18(8-6-17)23-19(25)24(13-15-3-1-9-21-11-15)14-16-4-2-10-22-12-16/h1-12H,13-14H2,(H,23,25). The summed E-state index contributed by atoms with van der Waals surface area (Å²) in [6.45, 7) is 1.34. The van der Waals surface area contributed by atoms with E-state index < -0.39 is 0 Å². The Hall–Kier alpha value is -2.31. The van der Waals surface area contributed by atoms with Crippen molar-refractivity contribution in [2.75, 3.05) is 5.32 Å². The normalized spacial score (nSPS) is 10.3. The number of benzene rings is 1. The van der Waals surface area contributed by atoms with Crippen LogP contribution in [0.15, 0.2) is 77.8 Å². The molecular formula is C19H17BrN4S. The number of nitrogens with zero attached hydrogens (tertiary/aromatic N) is 3. The number of rotatable bonds is 5. The van der Waals surface area contributed by atoms with E-state index in [0.29, 0.717) is 18.2 Å². The summed E-state index contributed by atoms with van der Waals surface area (Å²) in [5.41, 5.74) is 3.16. The first-order chi connectivity index (χ1) is 12.2. The second kappa shape index (κ2) is 8.69. The Labute approximate surface area is 161 Å². The van der Waals surface area contributed by atoms with Crippen LogP contribution in [0.25, 0.3) is 0 Å². The van der Waals surface area contributed by atoms with Crippen molar-refractivity contribution in [2.24, 2.45) is 0 Å². The molecule has 126 valence electrons. The van der Waals surface area contributed by atoms with Crippen molar-refractivity contribution < 1.29 is 0 Å². The number of pyridine rings is 2. The van der Waals surface area contributed by atoms with Gasteiger partial charge in [-0.3, -0.25) is 9.97 Å². The van der Waals surface area contributed by atoms with Crippen LogP contribution in [0.3, 0.4) is 0 Å². The molecule has 0 bridgehead atoms. The van der Waals surface area contributed by atoms with Gasteiger partial charge >= 0.3 is 0 Å². The molecule has 3 rings (SSSR count). The predicted octanol–water partition coefficient (Wildman–Crippen LogP) is 4.64. The van der Waals surface area contributed by atoms with Crippen molar-refractivity contribution in [3.8, 4) is 0 Å². The van der Waals surface area contributed by atoms with E-state index in [1.54, 1.807) is 12.4 Å². The Morgan fingerprint density at radius 1 is 0.920 bits per heavy atom. The zero-order chi connectivity index (χ0) is 17.5. The summed E-state index contributed by atoms with van der Waals surface area (Å²) in [6, 6.07) is 15.9. The number of hydrogen-bond acceptors (Lipinski definition) is 3.